The molecule has 0 aromatic heterocycles. The molecule has 0 heterocycles. The fourth-order valence-electron chi connectivity index (χ4n) is 3.22. The van der Waals surface area contributed by atoms with Gasteiger partial charge in [-0.05, 0) is 36.5 Å². The molecule has 0 radical (unpaired) electrons. The molecule has 1 nitrogen and oxygen atoms in total. The lowest BCUT2D eigenvalue weighted by Gasteiger charge is -2.38. The molecule has 84 valence electrons. The third-order valence-electron chi connectivity index (χ3n) is 3.67. The first-order valence-electron chi connectivity index (χ1n) is 6.16. The van der Waals surface area contributed by atoms with Crippen LogP contribution in [0.2, 0.25) is 0 Å². The minimum Gasteiger partial charge on any atom is -0.392 e. The summed E-state index contributed by atoms with van der Waals surface area (Å²) in [6.07, 6.45) is 6.22. The molecule has 1 aliphatic carbocycles. The van der Waals surface area contributed by atoms with Gasteiger partial charge in [-0.3, -0.25) is 0 Å². The SMILES string of the molecule is CC(C)CC1(C(O)C(C)C)CCCC1. The van der Waals surface area contributed by atoms with Crippen LogP contribution in [-0.4, -0.2) is 11.2 Å². The van der Waals surface area contributed by atoms with Crippen molar-refractivity contribution in [1.82, 2.24) is 0 Å². The Kier molecular flexibility index (Phi) is 4.00. The van der Waals surface area contributed by atoms with Gasteiger partial charge in [0.15, 0.2) is 0 Å². The van der Waals surface area contributed by atoms with Crippen molar-refractivity contribution in [3.05, 3.63) is 0 Å². The quantitative estimate of drug-likeness (QED) is 0.731. The topological polar surface area (TPSA) is 20.2 Å². The van der Waals surface area contributed by atoms with Crippen LogP contribution >= 0.6 is 0 Å². The summed E-state index contributed by atoms with van der Waals surface area (Å²) in [6, 6.07) is 0. The van der Waals surface area contributed by atoms with Crippen LogP contribution in [0, 0.1) is 17.3 Å². The maximum Gasteiger partial charge on any atom is 0.0619 e. The minimum absolute atomic E-state index is 0.0904. The second kappa shape index (κ2) is 4.65. The normalized spacial score (nSPS) is 23.4. The third-order valence-corrected chi connectivity index (χ3v) is 3.67. The molecule has 1 fully saturated rings. The average molecular weight is 198 g/mol. The van der Waals surface area contributed by atoms with E-state index in [9.17, 15) is 5.11 Å². The number of hydrogen-bond acceptors (Lipinski definition) is 1. The fourth-order valence-corrected chi connectivity index (χ4v) is 3.22. The van der Waals surface area contributed by atoms with Crippen molar-refractivity contribution < 1.29 is 5.11 Å². The second-order valence-corrected chi connectivity index (χ2v) is 5.86. The van der Waals surface area contributed by atoms with Crippen molar-refractivity contribution in [1.29, 1.82) is 0 Å². The Morgan fingerprint density at radius 3 is 1.93 bits per heavy atom. The fraction of sp³-hybridized carbons (Fsp3) is 1.00. The zero-order valence-corrected chi connectivity index (χ0v) is 10.2. The Morgan fingerprint density at radius 1 is 1.07 bits per heavy atom. The van der Waals surface area contributed by atoms with Crippen LogP contribution in [0.5, 0.6) is 0 Å². The summed E-state index contributed by atoms with van der Waals surface area (Å²) in [5, 5.41) is 10.3. The average Bonchev–Trinajstić information content (AvgIpc) is 2.51. The Morgan fingerprint density at radius 2 is 1.57 bits per heavy atom. The molecule has 1 unspecified atom stereocenters. The maximum atomic E-state index is 10.3. The molecule has 14 heavy (non-hydrogen) atoms. The number of aliphatic hydroxyl groups excluding tert-OH is 1. The third kappa shape index (κ3) is 2.50. The van der Waals surface area contributed by atoms with E-state index < -0.39 is 0 Å². The first kappa shape index (κ1) is 12.0. The van der Waals surface area contributed by atoms with E-state index in [-0.39, 0.29) is 11.5 Å². The smallest absolute Gasteiger partial charge is 0.0619 e. The first-order chi connectivity index (χ1) is 6.48. The van der Waals surface area contributed by atoms with Crippen molar-refractivity contribution in [2.45, 2.75) is 65.9 Å². The molecule has 0 bridgehead atoms. The molecule has 1 heteroatoms. The van der Waals surface area contributed by atoms with E-state index in [4.69, 9.17) is 0 Å². The summed E-state index contributed by atoms with van der Waals surface area (Å²) < 4.78 is 0. The van der Waals surface area contributed by atoms with Crippen LogP contribution in [-0.2, 0) is 0 Å². The van der Waals surface area contributed by atoms with Gasteiger partial charge in [0.2, 0.25) is 0 Å². The molecule has 1 rings (SSSR count). The van der Waals surface area contributed by atoms with Gasteiger partial charge in [0.05, 0.1) is 6.10 Å². The summed E-state index contributed by atoms with van der Waals surface area (Å²) in [6.45, 7) is 8.83. The Balaban J connectivity index is 2.70. The van der Waals surface area contributed by atoms with E-state index in [2.05, 4.69) is 27.7 Å². The minimum atomic E-state index is -0.0904. The Bertz CT molecular complexity index is 166. The first-order valence-corrected chi connectivity index (χ1v) is 6.16. The van der Waals surface area contributed by atoms with E-state index in [0.717, 1.165) is 0 Å². The lowest BCUT2D eigenvalue weighted by Crippen LogP contribution is -2.37. The van der Waals surface area contributed by atoms with Crippen LogP contribution in [0.3, 0.4) is 0 Å². The molecular formula is C13H26O. The summed E-state index contributed by atoms with van der Waals surface area (Å²) in [5.41, 5.74) is 0.252. The van der Waals surface area contributed by atoms with Crippen molar-refractivity contribution in [3.63, 3.8) is 0 Å². The standard InChI is InChI=1S/C13H26O/c1-10(2)9-13(7-5-6-8-13)12(14)11(3)4/h10-12,14H,5-9H2,1-4H3. The predicted octanol–water partition coefficient (Wildman–Crippen LogP) is 3.61. The van der Waals surface area contributed by atoms with Crippen LogP contribution < -0.4 is 0 Å². The van der Waals surface area contributed by atoms with Gasteiger partial charge in [0.1, 0.15) is 0 Å². The highest BCUT2D eigenvalue weighted by molar-refractivity contribution is 4.92. The lowest BCUT2D eigenvalue weighted by atomic mass is 9.71. The summed E-state index contributed by atoms with van der Waals surface area (Å²) in [4.78, 5) is 0. The van der Waals surface area contributed by atoms with Gasteiger partial charge in [-0.2, -0.15) is 0 Å². The number of aliphatic hydroxyl groups is 1. The second-order valence-electron chi connectivity index (χ2n) is 5.86. The molecule has 1 N–H and O–H groups in total. The Hall–Kier alpha value is -0.0400. The highest BCUT2D eigenvalue weighted by Crippen LogP contribution is 2.47. The van der Waals surface area contributed by atoms with Gasteiger partial charge in [0.25, 0.3) is 0 Å². The van der Waals surface area contributed by atoms with Gasteiger partial charge in [-0.25, -0.2) is 0 Å². The zero-order valence-electron chi connectivity index (χ0n) is 10.2. The van der Waals surface area contributed by atoms with E-state index >= 15 is 0 Å². The lowest BCUT2D eigenvalue weighted by molar-refractivity contribution is -0.0187. The van der Waals surface area contributed by atoms with E-state index in [0.29, 0.717) is 11.8 Å². The highest BCUT2D eigenvalue weighted by atomic mass is 16.3. The van der Waals surface area contributed by atoms with Crippen molar-refractivity contribution in [2.24, 2.45) is 17.3 Å². The van der Waals surface area contributed by atoms with Crippen molar-refractivity contribution in [2.75, 3.05) is 0 Å². The van der Waals surface area contributed by atoms with Gasteiger partial charge >= 0.3 is 0 Å². The molecule has 0 aliphatic heterocycles. The van der Waals surface area contributed by atoms with E-state index in [1.165, 1.54) is 32.1 Å². The van der Waals surface area contributed by atoms with Gasteiger partial charge in [-0.1, -0.05) is 40.5 Å². The number of rotatable bonds is 4. The molecule has 1 atom stereocenters. The van der Waals surface area contributed by atoms with Crippen LogP contribution in [0.4, 0.5) is 0 Å². The molecule has 1 aliphatic rings. The Labute approximate surface area is 88.9 Å². The maximum absolute atomic E-state index is 10.3. The number of hydrogen-bond donors (Lipinski definition) is 1. The monoisotopic (exact) mass is 198 g/mol. The molecule has 0 aromatic carbocycles. The predicted molar refractivity (Wildman–Crippen MR) is 61.2 cm³/mol. The summed E-state index contributed by atoms with van der Waals surface area (Å²) in [5.74, 6) is 1.12. The largest absolute Gasteiger partial charge is 0.392 e. The molecule has 1 saturated carbocycles. The molecule has 0 spiro atoms. The van der Waals surface area contributed by atoms with Gasteiger partial charge in [-0.15, -0.1) is 0 Å². The molecule has 0 amide bonds. The summed E-state index contributed by atoms with van der Waals surface area (Å²) in [7, 11) is 0. The highest BCUT2D eigenvalue weighted by Gasteiger charge is 2.41. The zero-order chi connectivity index (χ0) is 10.8. The summed E-state index contributed by atoms with van der Waals surface area (Å²) >= 11 is 0. The van der Waals surface area contributed by atoms with Gasteiger partial charge in [0, 0.05) is 0 Å². The van der Waals surface area contributed by atoms with E-state index in [1.54, 1.807) is 0 Å². The van der Waals surface area contributed by atoms with Gasteiger partial charge < -0.3 is 5.11 Å². The van der Waals surface area contributed by atoms with E-state index in [1.807, 2.05) is 0 Å². The van der Waals surface area contributed by atoms with Crippen molar-refractivity contribution in [3.8, 4) is 0 Å². The molecular weight excluding hydrogens is 172 g/mol. The van der Waals surface area contributed by atoms with Crippen molar-refractivity contribution >= 4 is 0 Å². The molecule has 0 saturated heterocycles. The molecule has 0 aromatic rings. The van der Waals surface area contributed by atoms with Crippen LogP contribution in [0.1, 0.15) is 59.8 Å². The van der Waals surface area contributed by atoms with Crippen LogP contribution in [0.25, 0.3) is 0 Å². The van der Waals surface area contributed by atoms with Crippen LogP contribution in [0.15, 0.2) is 0 Å².